The normalized spacial score (nSPS) is 15.6. The Morgan fingerprint density at radius 2 is 2.16 bits per heavy atom. The molecule has 0 saturated carbocycles. The predicted octanol–water partition coefficient (Wildman–Crippen LogP) is 3.73. The Balaban J connectivity index is 2.69. The Morgan fingerprint density at radius 3 is 2.68 bits per heavy atom. The molecule has 5 heteroatoms. The highest BCUT2D eigenvalue weighted by molar-refractivity contribution is 8.00. The van der Waals surface area contributed by atoms with E-state index in [1.54, 1.807) is 0 Å². The number of hydrogen-bond donors (Lipinski definition) is 1. The average Bonchev–Trinajstić information content (AvgIpc) is 2.33. The summed E-state index contributed by atoms with van der Waals surface area (Å²) in [5.74, 6) is -1.14. The average molecular weight is 284 g/mol. The zero-order valence-electron chi connectivity index (χ0n) is 11.3. The predicted molar refractivity (Wildman–Crippen MR) is 74.0 cm³/mol. The lowest BCUT2D eigenvalue weighted by Crippen LogP contribution is -2.42. The van der Waals surface area contributed by atoms with Gasteiger partial charge in [-0.15, -0.1) is 11.8 Å². The van der Waals surface area contributed by atoms with Crippen LogP contribution >= 0.6 is 11.8 Å². The van der Waals surface area contributed by atoms with Gasteiger partial charge in [-0.05, 0) is 32.0 Å². The molecule has 0 heterocycles. The van der Waals surface area contributed by atoms with Crippen LogP contribution in [0.5, 0.6) is 0 Å². The van der Waals surface area contributed by atoms with Gasteiger partial charge < -0.3 is 0 Å². The molecule has 0 aromatic heterocycles. The van der Waals surface area contributed by atoms with Crippen LogP contribution in [0.3, 0.4) is 0 Å². The van der Waals surface area contributed by atoms with Crippen LogP contribution < -0.4 is 5.32 Å². The fourth-order valence-electron chi connectivity index (χ4n) is 1.95. The van der Waals surface area contributed by atoms with Crippen molar-refractivity contribution in [2.75, 3.05) is 6.54 Å². The first-order valence-corrected chi connectivity index (χ1v) is 7.06. The van der Waals surface area contributed by atoms with Gasteiger partial charge in [-0.25, -0.2) is 8.78 Å². The summed E-state index contributed by atoms with van der Waals surface area (Å²) in [5.41, 5.74) is -0.627. The van der Waals surface area contributed by atoms with Crippen molar-refractivity contribution in [1.29, 1.82) is 5.26 Å². The second-order valence-corrected chi connectivity index (χ2v) is 6.16. The van der Waals surface area contributed by atoms with Crippen molar-refractivity contribution in [3.8, 4) is 6.07 Å². The Kier molecular flexibility index (Phi) is 5.77. The minimum atomic E-state index is -0.627. The lowest BCUT2D eigenvalue weighted by atomic mass is 9.98. The standard InChI is InChI=1S/C14H18F2N2S/c1-4-18-14(3,9-17)8-10(2)19-13-6-5-11(15)7-12(13)16/h5-7,10,18H,4,8H2,1-3H3. The van der Waals surface area contributed by atoms with Crippen LogP contribution in [-0.4, -0.2) is 17.3 Å². The molecule has 0 aliphatic carbocycles. The molecule has 0 aliphatic heterocycles. The van der Waals surface area contributed by atoms with E-state index in [0.29, 0.717) is 17.9 Å². The van der Waals surface area contributed by atoms with Gasteiger partial charge in [-0.3, -0.25) is 5.32 Å². The van der Waals surface area contributed by atoms with E-state index in [-0.39, 0.29) is 5.25 Å². The molecular formula is C14H18F2N2S. The smallest absolute Gasteiger partial charge is 0.139 e. The summed E-state index contributed by atoms with van der Waals surface area (Å²) in [7, 11) is 0. The maximum absolute atomic E-state index is 13.5. The Bertz CT molecular complexity index is 473. The monoisotopic (exact) mass is 284 g/mol. The van der Waals surface area contributed by atoms with E-state index >= 15 is 0 Å². The fourth-order valence-corrected chi connectivity index (χ4v) is 3.12. The number of nitrogens with one attached hydrogen (secondary N) is 1. The van der Waals surface area contributed by atoms with Crippen LogP contribution in [0.15, 0.2) is 23.1 Å². The van der Waals surface area contributed by atoms with Gasteiger partial charge in [0, 0.05) is 16.2 Å². The molecule has 0 fully saturated rings. The highest BCUT2D eigenvalue weighted by Crippen LogP contribution is 2.30. The highest BCUT2D eigenvalue weighted by Gasteiger charge is 2.26. The van der Waals surface area contributed by atoms with Crippen molar-refractivity contribution in [1.82, 2.24) is 5.32 Å². The number of rotatable bonds is 6. The summed E-state index contributed by atoms with van der Waals surface area (Å²) in [6.07, 6.45) is 0.582. The van der Waals surface area contributed by atoms with Crippen molar-refractivity contribution in [2.24, 2.45) is 0 Å². The Morgan fingerprint density at radius 1 is 1.47 bits per heavy atom. The van der Waals surface area contributed by atoms with Crippen molar-refractivity contribution >= 4 is 11.8 Å². The number of benzene rings is 1. The van der Waals surface area contributed by atoms with E-state index in [4.69, 9.17) is 0 Å². The van der Waals surface area contributed by atoms with Gasteiger partial charge in [0.2, 0.25) is 0 Å². The number of nitriles is 1. The number of hydrogen-bond acceptors (Lipinski definition) is 3. The second-order valence-electron chi connectivity index (χ2n) is 4.68. The summed E-state index contributed by atoms with van der Waals surface area (Å²) in [6, 6.07) is 5.79. The van der Waals surface area contributed by atoms with Gasteiger partial charge in [-0.1, -0.05) is 13.8 Å². The molecule has 0 amide bonds. The first kappa shape index (κ1) is 15.9. The molecular weight excluding hydrogens is 266 g/mol. The maximum Gasteiger partial charge on any atom is 0.139 e. The molecule has 2 unspecified atom stereocenters. The van der Waals surface area contributed by atoms with E-state index in [1.807, 2.05) is 20.8 Å². The van der Waals surface area contributed by atoms with Crippen LogP contribution in [0.4, 0.5) is 8.78 Å². The first-order chi connectivity index (χ1) is 8.90. The molecule has 104 valence electrons. The molecule has 0 saturated heterocycles. The molecule has 2 atom stereocenters. The third kappa shape index (κ3) is 4.81. The van der Waals surface area contributed by atoms with Gasteiger partial charge in [0.25, 0.3) is 0 Å². The maximum atomic E-state index is 13.5. The van der Waals surface area contributed by atoms with E-state index in [0.717, 1.165) is 6.07 Å². The number of halogens is 2. The molecule has 1 aromatic rings. The lowest BCUT2D eigenvalue weighted by molar-refractivity contribution is 0.429. The highest BCUT2D eigenvalue weighted by atomic mass is 32.2. The molecule has 0 spiro atoms. The van der Waals surface area contributed by atoms with Crippen LogP contribution in [0.1, 0.15) is 27.2 Å². The number of nitrogens with zero attached hydrogens (tertiary/aromatic N) is 1. The molecule has 1 rings (SSSR count). The molecule has 1 aromatic carbocycles. The summed E-state index contributed by atoms with van der Waals surface area (Å²) < 4.78 is 26.3. The minimum absolute atomic E-state index is 0.0451. The lowest BCUT2D eigenvalue weighted by Gasteiger charge is -2.25. The van der Waals surface area contributed by atoms with Gasteiger partial charge in [0.15, 0.2) is 0 Å². The van der Waals surface area contributed by atoms with Crippen LogP contribution in [-0.2, 0) is 0 Å². The molecule has 19 heavy (non-hydrogen) atoms. The van der Waals surface area contributed by atoms with Crippen molar-refractivity contribution in [2.45, 2.75) is 42.9 Å². The molecule has 0 radical (unpaired) electrons. The first-order valence-electron chi connectivity index (χ1n) is 6.18. The van der Waals surface area contributed by atoms with Crippen molar-refractivity contribution in [3.05, 3.63) is 29.8 Å². The zero-order valence-corrected chi connectivity index (χ0v) is 12.2. The zero-order chi connectivity index (χ0) is 14.5. The van der Waals surface area contributed by atoms with Crippen molar-refractivity contribution in [3.63, 3.8) is 0 Å². The van der Waals surface area contributed by atoms with Crippen LogP contribution in [0.2, 0.25) is 0 Å². The fraction of sp³-hybridized carbons (Fsp3) is 0.500. The second kappa shape index (κ2) is 6.88. The van der Waals surface area contributed by atoms with E-state index in [1.165, 1.54) is 23.9 Å². The van der Waals surface area contributed by atoms with Crippen LogP contribution in [0, 0.1) is 23.0 Å². The van der Waals surface area contributed by atoms with Crippen LogP contribution in [0.25, 0.3) is 0 Å². The SMILES string of the molecule is CCNC(C)(C#N)CC(C)Sc1ccc(F)cc1F. The summed E-state index contributed by atoms with van der Waals surface area (Å²) in [6.45, 7) is 6.40. The Labute approximate surface area is 117 Å². The summed E-state index contributed by atoms with van der Waals surface area (Å²) in [5, 5.41) is 12.3. The third-order valence-electron chi connectivity index (χ3n) is 2.73. The van der Waals surface area contributed by atoms with Gasteiger partial charge >= 0.3 is 0 Å². The summed E-state index contributed by atoms with van der Waals surface area (Å²) >= 11 is 1.31. The third-order valence-corrected chi connectivity index (χ3v) is 3.89. The largest absolute Gasteiger partial charge is 0.300 e. The topological polar surface area (TPSA) is 35.8 Å². The van der Waals surface area contributed by atoms with Gasteiger partial charge in [-0.2, -0.15) is 5.26 Å². The number of thioether (sulfide) groups is 1. The van der Waals surface area contributed by atoms with Crippen molar-refractivity contribution < 1.29 is 8.78 Å². The minimum Gasteiger partial charge on any atom is -0.300 e. The molecule has 1 N–H and O–H groups in total. The van der Waals surface area contributed by atoms with E-state index < -0.39 is 17.2 Å². The van der Waals surface area contributed by atoms with Gasteiger partial charge in [0.1, 0.15) is 17.2 Å². The van der Waals surface area contributed by atoms with E-state index in [9.17, 15) is 14.0 Å². The quantitative estimate of drug-likeness (QED) is 0.809. The molecule has 2 nitrogen and oxygen atoms in total. The molecule has 0 bridgehead atoms. The van der Waals surface area contributed by atoms with E-state index in [2.05, 4.69) is 11.4 Å². The van der Waals surface area contributed by atoms with Gasteiger partial charge in [0.05, 0.1) is 6.07 Å². The molecule has 0 aliphatic rings. The summed E-state index contributed by atoms with van der Waals surface area (Å²) in [4.78, 5) is 0.408. The Hall–Kier alpha value is -1.12.